The molecule has 0 aliphatic carbocycles. The van der Waals surface area contributed by atoms with E-state index < -0.39 is 11.9 Å². The number of hydrogen-bond donors (Lipinski definition) is 3. The second kappa shape index (κ2) is 6.39. The molecule has 0 aliphatic heterocycles. The monoisotopic (exact) mass is 264 g/mol. The zero-order valence-electron chi connectivity index (χ0n) is 9.88. The number of nitrogens with one attached hydrogen (secondary N) is 2. The molecule has 0 amide bonds. The fraction of sp³-hybridized carbons (Fsp3) is 0.600. The maximum Gasteiger partial charge on any atom is 0.433 e. The van der Waals surface area contributed by atoms with Crippen LogP contribution in [0, 0.1) is 0 Å². The molecule has 0 atom stereocenters. The summed E-state index contributed by atoms with van der Waals surface area (Å²) in [4.78, 5) is 7.28. The van der Waals surface area contributed by atoms with Crippen LogP contribution >= 0.6 is 0 Å². The molecule has 0 saturated carbocycles. The Labute approximate surface area is 102 Å². The first-order valence-corrected chi connectivity index (χ1v) is 5.52. The number of aliphatic hydroxyl groups is 1. The highest BCUT2D eigenvalue weighted by molar-refractivity contribution is 5.43. The molecule has 0 aromatic carbocycles. The highest BCUT2D eigenvalue weighted by atomic mass is 19.4. The van der Waals surface area contributed by atoms with Crippen LogP contribution in [-0.2, 0) is 6.18 Å². The van der Waals surface area contributed by atoms with Crippen molar-refractivity contribution in [1.29, 1.82) is 0 Å². The fourth-order valence-corrected chi connectivity index (χ4v) is 1.22. The molecule has 1 rings (SSSR count). The SMILES string of the molecule is CCNc1nc(NCCCO)cc(C(F)(F)F)n1. The van der Waals surface area contributed by atoms with Gasteiger partial charge in [0, 0.05) is 25.8 Å². The predicted molar refractivity (Wildman–Crippen MR) is 61.4 cm³/mol. The van der Waals surface area contributed by atoms with Crippen molar-refractivity contribution in [2.24, 2.45) is 0 Å². The molecule has 0 aliphatic rings. The van der Waals surface area contributed by atoms with Crippen LogP contribution in [0.5, 0.6) is 0 Å². The number of anilines is 2. The molecule has 18 heavy (non-hydrogen) atoms. The molecule has 0 spiro atoms. The summed E-state index contributed by atoms with van der Waals surface area (Å²) in [5, 5.41) is 13.9. The van der Waals surface area contributed by atoms with E-state index in [1.54, 1.807) is 6.92 Å². The second-order valence-corrected chi connectivity index (χ2v) is 3.49. The highest BCUT2D eigenvalue weighted by Gasteiger charge is 2.33. The lowest BCUT2D eigenvalue weighted by Gasteiger charge is -2.11. The summed E-state index contributed by atoms with van der Waals surface area (Å²) in [6.45, 7) is 2.47. The van der Waals surface area contributed by atoms with Crippen molar-refractivity contribution >= 4 is 11.8 Å². The average molecular weight is 264 g/mol. The van der Waals surface area contributed by atoms with Gasteiger partial charge in [0.2, 0.25) is 5.95 Å². The van der Waals surface area contributed by atoms with E-state index in [4.69, 9.17) is 5.11 Å². The molecular formula is C10H15F3N4O. The molecule has 0 unspecified atom stereocenters. The van der Waals surface area contributed by atoms with E-state index in [-0.39, 0.29) is 18.4 Å². The molecule has 0 fully saturated rings. The third kappa shape index (κ3) is 4.36. The molecule has 1 aromatic heterocycles. The van der Waals surface area contributed by atoms with Crippen LogP contribution in [0.1, 0.15) is 19.0 Å². The van der Waals surface area contributed by atoms with E-state index in [0.717, 1.165) is 6.07 Å². The number of halogens is 3. The summed E-state index contributed by atoms with van der Waals surface area (Å²) in [6, 6.07) is 0.845. The van der Waals surface area contributed by atoms with Gasteiger partial charge in [-0.25, -0.2) is 4.98 Å². The van der Waals surface area contributed by atoms with Crippen molar-refractivity contribution in [2.75, 3.05) is 30.3 Å². The largest absolute Gasteiger partial charge is 0.433 e. The molecule has 1 heterocycles. The van der Waals surface area contributed by atoms with E-state index >= 15 is 0 Å². The minimum absolute atomic E-state index is 0.0374. The molecule has 5 nitrogen and oxygen atoms in total. The lowest BCUT2D eigenvalue weighted by atomic mass is 10.3. The zero-order chi connectivity index (χ0) is 13.6. The maximum atomic E-state index is 12.6. The quantitative estimate of drug-likeness (QED) is 0.682. The first-order chi connectivity index (χ1) is 8.47. The van der Waals surface area contributed by atoms with Gasteiger partial charge in [-0.05, 0) is 13.3 Å². The molecule has 0 bridgehead atoms. The van der Waals surface area contributed by atoms with Crippen LogP contribution in [0.25, 0.3) is 0 Å². The number of aliphatic hydroxyl groups excluding tert-OH is 1. The van der Waals surface area contributed by atoms with Gasteiger partial charge in [0.25, 0.3) is 0 Å². The predicted octanol–water partition coefficient (Wildman–Crippen LogP) is 1.72. The van der Waals surface area contributed by atoms with Gasteiger partial charge in [-0.2, -0.15) is 18.2 Å². The maximum absolute atomic E-state index is 12.6. The molecule has 0 radical (unpaired) electrons. The normalized spacial score (nSPS) is 11.4. The van der Waals surface area contributed by atoms with Crippen molar-refractivity contribution in [2.45, 2.75) is 19.5 Å². The molecular weight excluding hydrogens is 249 g/mol. The Morgan fingerprint density at radius 3 is 2.56 bits per heavy atom. The van der Waals surface area contributed by atoms with Crippen LogP contribution in [0.4, 0.5) is 24.9 Å². The van der Waals surface area contributed by atoms with E-state index in [1.165, 1.54) is 0 Å². The summed E-state index contributed by atoms with van der Waals surface area (Å²) in [5.41, 5.74) is -1.00. The number of rotatable bonds is 6. The van der Waals surface area contributed by atoms with E-state index in [2.05, 4.69) is 20.6 Å². The number of nitrogens with zero attached hydrogens (tertiary/aromatic N) is 2. The lowest BCUT2D eigenvalue weighted by Crippen LogP contribution is -2.14. The first-order valence-electron chi connectivity index (χ1n) is 5.52. The van der Waals surface area contributed by atoms with E-state index in [0.29, 0.717) is 19.5 Å². The highest BCUT2D eigenvalue weighted by Crippen LogP contribution is 2.29. The van der Waals surface area contributed by atoms with E-state index in [9.17, 15) is 13.2 Å². The summed E-state index contributed by atoms with van der Waals surface area (Å²) >= 11 is 0. The Hall–Kier alpha value is -1.57. The Kier molecular flexibility index (Phi) is 5.14. The fourth-order valence-electron chi connectivity index (χ4n) is 1.22. The van der Waals surface area contributed by atoms with Gasteiger partial charge in [-0.15, -0.1) is 0 Å². The Morgan fingerprint density at radius 1 is 1.28 bits per heavy atom. The summed E-state index contributed by atoms with van der Waals surface area (Å²) < 4.78 is 37.8. The Morgan fingerprint density at radius 2 is 2.00 bits per heavy atom. The summed E-state index contributed by atoms with van der Waals surface area (Å²) in [6.07, 6.45) is -4.08. The number of hydrogen-bond acceptors (Lipinski definition) is 5. The van der Waals surface area contributed by atoms with Gasteiger partial charge in [0.15, 0.2) is 5.69 Å². The van der Waals surface area contributed by atoms with Gasteiger partial charge < -0.3 is 15.7 Å². The molecule has 102 valence electrons. The van der Waals surface area contributed by atoms with Crippen molar-refractivity contribution in [1.82, 2.24) is 9.97 Å². The average Bonchev–Trinajstić information content (AvgIpc) is 2.28. The smallest absolute Gasteiger partial charge is 0.396 e. The topological polar surface area (TPSA) is 70.1 Å². The third-order valence-corrected chi connectivity index (χ3v) is 1.99. The van der Waals surface area contributed by atoms with Crippen LogP contribution in [-0.4, -0.2) is 34.8 Å². The van der Waals surface area contributed by atoms with E-state index in [1.807, 2.05) is 0 Å². The second-order valence-electron chi connectivity index (χ2n) is 3.49. The first kappa shape index (κ1) is 14.5. The van der Waals surface area contributed by atoms with Crippen LogP contribution in [0.3, 0.4) is 0 Å². The van der Waals surface area contributed by atoms with Crippen molar-refractivity contribution in [3.8, 4) is 0 Å². The van der Waals surface area contributed by atoms with Crippen molar-refractivity contribution in [3.05, 3.63) is 11.8 Å². The molecule has 0 saturated heterocycles. The van der Waals surface area contributed by atoms with Crippen molar-refractivity contribution in [3.63, 3.8) is 0 Å². The summed E-state index contributed by atoms with van der Waals surface area (Å²) in [7, 11) is 0. The molecule has 3 N–H and O–H groups in total. The Bertz CT molecular complexity index is 384. The molecule has 8 heteroatoms. The number of aromatic nitrogens is 2. The standard InChI is InChI=1S/C10H15F3N4O/c1-2-14-9-16-7(10(11,12)13)6-8(17-9)15-4-3-5-18/h6,18H,2-5H2,1H3,(H2,14,15,16,17). The zero-order valence-corrected chi connectivity index (χ0v) is 9.88. The van der Waals surface area contributed by atoms with Gasteiger partial charge in [-0.1, -0.05) is 0 Å². The van der Waals surface area contributed by atoms with Crippen LogP contribution in [0.15, 0.2) is 6.07 Å². The minimum atomic E-state index is -4.51. The van der Waals surface area contributed by atoms with Crippen molar-refractivity contribution < 1.29 is 18.3 Å². The Balaban J connectivity index is 2.91. The van der Waals surface area contributed by atoms with Gasteiger partial charge in [0.05, 0.1) is 0 Å². The van der Waals surface area contributed by atoms with Crippen LogP contribution < -0.4 is 10.6 Å². The van der Waals surface area contributed by atoms with Gasteiger partial charge >= 0.3 is 6.18 Å². The van der Waals surface area contributed by atoms with Crippen LogP contribution in [0.2, 0.25) is 0 Å². The minimum Gasteiger partial charge on any atom is -0.396 e. The van der Waals surface area contributed by atoms with Gasteiger partial charge in [0.1, 0.15) is 5.82 Å². The number of alkyl halides is 3. The summed E-state index contributed by atoms with van der Waals surface area (Å²) in [5.74, 6) is 0.0144. The van der Waals surface area contributed by atoms with Gasteiger partial charge in [-0.3, -0.25) is 0 Å². The lowest BCUT2D eigenvalue weighted by molar-refractivity contribution is -0.141. The molecule has 1 aromatic rings. The third-order valence-electron chi connectivity index (χ3n) is 1.99.